The molecule has 19 heavy (non-hydrogen) atoms. The summed E-state index contributed by atoms with van der Waals surface area (Å²) in [7, 11) is 0. The predicted octanol–water partition coefficient (Wildman–Crippen LogP) is 3.23. The molecule has 1 fully saturated rings. The topological polar surface area (TPSA) is 54.0 Å². The van der Waals surface area contributed by atoms with Crippen molar-refractivity contribution in [1.82, 2.24) is 10.3 Å². The third-order valence-electron chi connectivity index (χ3n) is 3.39. The molecule has 1 aliphatic rings. The summed E-state index contributed by atoms with van der Waals surface area (Å²) < 4.78 is 0. The van der Waals surface area contributed by atoms with E-state index in [2.05, 4.69) is 15.6 Å². The Morgan fingerprint density at radius 3 is 2.79 bits per heavy atom. The van der Waals surface area contributed by atoms with Gasteiger partial charge in [0.2, 0.25) is 0 Å². The SMILES string of the molecule is CCNc1ncc(C(=O)NC2CCCCC2)cc1Cl. The number of hydrogen-bond acceptors (Lipinski definition) is 3. The van der Waals surface area contributed by atoms with Gasteiger partial charge in [-0.1, -0.05) is 30.9 Å². The fourth-order valence-corrected chi connectivity index (χ4v) is 2.61. The van der Waals surface area contributed by atoms with Gasteiger partial charge >= 0.3 is 0 Å². The van der Waals surface area contributed by atoms with Crippen molar-refractivity contribution in [1.29, 1.82) is 0 Å². The number of rotatable bonds is 4. The Labute approximate surface area is 118 Å². The number of hydrogen-bond donors (Lipinski definition) is 2. The molecule has 2 N–H and O–H groups in total. The van der Waals surface area contributed by atoms with Crippen LogP contribution < -0.4 is 10.6 Å². The molecule has 4 nitrogen and oxygen atoms in total. The van der Waals surface area contributed by atoms with Crippen LogP contribution in [0.1, 0.15) is 49.4 Å². The van der Waals surface area contributed by atoms with Gasteiger partial charge in [-0.3, -0.25) is 4.79 Å². The van der Waals surface area contributed by atoms with Crippen LogP contribution in [0, 0.1) is 0 Å². The average Bonchev–Trinajstić information content (AvgIpc) is 2.42. The van der Waals surface area contributed by atoms with Crippen molar-refractivity contribution in [3.8, 4) is 0 Å². The van der Waals surface area contributed by atoms with E-state index in [-0.39, 0.29) is 5.91 Å². The number of anilines is 1. The lowest BCUT2D eigenvalue weighted by atomic mass is 9.95. The maximum absolute atomic E-state index is 12.1. The summed E-state index contributed by atoms with van der Waals surface area (Å²) in [4.78, 5) is 16.3. The van der Waals surface area contributed by atoms with Gasteiger partial charge < -0.3 is 10.6 Å². The molecule has 0 unspecified atom stereocenters. The second kappa shape index (κ2) is 6.75. The molecule has 0 aliphatic heterocycles. The number of carbonyl (C=O) groups excluding carboxylic acids is 1. The fourth-order valence-electron chi connectivity index (χ4n) is 2.38. The summed E-state index contributed by atoms with van der Waals surface area (Å²) in [6.07, 6.45) is 7.39. The Kier molecular flexibility index (Phi) is 5.02. The molecule has 1 amide bonds. The zero-order valence-corrected chi connectivity index (χ0v) is 12.0. The molecule has 1 saturated carbocycles. The number of amides is 1. The van der Waals surface area contributed by atoms with Crippen LogP contribution in [0.3, 0.4) is 0 Å². The zero-order valence-electron chi connectivity index (χ0n) is 11.2. The van der Waals surface area contributed by atoms with Crippen molar-refractivity contribution < 1.29 is 4.79 Å². The van der Waals surface area contributed by atoms with Gasteiger partial charge in [0.15, 0.2) is 0 Å². The third-order valence-corrected chi connectivity index (χ3v) is 3.68. The minimum absolute atomic E-state index is 0.0793. The second-order valence-electron chi connectivity index (χ2n) is 4.89. The number of pyridine rings is 1. The molecule has 0 atom stereocenters. The van der Waals surface area contributed by atoms with Crippen LogP contribution in [0.15, 0.2) is 12.3 Å². The molecule has 1 heterocycles. The van der Waals surface area contributed by atoms with Crippen molar-refractivity contribution in [2.75, 3.05) is 11.9 Å². The summed E-state index contributed by atoms with van der Waals surface area (Å²) >= 11 is 6.09. The van der Waals surface area contributed by atoms with Crippen LogP contribution in [-0.4, -0.2) is 23.5 Å². The molecule has 5 heteroatoms. The normalized spacial score (nSPS) is 16.1. The lowest BCUT2D eigenvalue weighted by molar-refractivity contribution is 0.0927. The Morgan fingerprint density at radius 1 is 1.42 bits per heavy atom. The van der Waals surface area contributed by atoms with Crippen LogP contribution in [0.4, 0.5) is 5.82 Å². The van der Waals surface area contributed by atoms with E-state index in [1.807, 2.05) is 6.92 Å². The summed E-state index contributed by atoms with van der Waals surface area (Å²) in [6, 6.07) is 1.97. The Balaban J connectivity index is 2.00. The predicted molar refractivity (Wildman–Crippen MR) is 77.7 cm³/mol. The van der Waals surface area contributed by atoms with Crippen molar-refractivity contribution >= 4 is 23.3 Å². The summed E-state index contributed by atoms with van der Waals surface area (Å²) in [5.74, 6) is 0.544. The van der Waals surface area contributed by atoms with E-state index in [0.717, 1.165) is 19.4 Å². The second-order valence-corrected chi connectivity index (χ2v) is 5.30. The van der Waals surface area contributed by atoms with E-state index in [1.54, 1.807) is 12.3 Å². The largest absolute Gasteiger partial charge is 0.369 e. The monoisotopic (exact) mass is 281 g/mol. The van der Waals surface area contributed by atoms with E-state index < -0.39 is 0 Å². The molecule has 0 radical (unpaired) electrons. The van der Waals surface area contributed by atoms with Crippen LogP contribution >= 0.6 is 11.6 Å². The van der Waals surface area contributed by atoms with E-state index in [9.17, 15) is 4.79 Å². The summed E-state index contributed by atoms with van der Waals surface area (Å²) in [5, 5.41) is 6.59. The molecular formula is C14H20ClN3O. The first kappa shape index (κ1) is 14.1. The van der Waals surface area contributed by atoms with Crippen LogP contribution in [-0.2, 0) is 0 Å². The van der Waals surface area contributed by atoms with Crippen LogP contribution in [0.2, 0.25) is 5.02 Å². The average molecular weight is 282 g/mol. The van der Waals surface area contributed by atoms with Gasteiger partial charge in [0.05, 0.1) is 10.6 Å². The number of aromatic nitrogens is 1. The Morgan fingerprint density at radius 2 is 2.16 bits per heavy atom. The first-order valence-corrected chi connectivity index (χ1v) is 7.28. The molecule has 1 aliphatic carbocycles. The highest BCUT2D eigenvalue weighted by molar-refractivity contribution is 6.33. The molecule has 2 rings (SSSR count). The third kappa shape index (κ3) is 3.83. The number of nitrogens with zero attached hydrogens (tertiary/aromatic N) is 1. The van der Waals surface area contributed by atoms with Gasteiger partial charge in [0, 0.05) is 18.8 Å². The molecule has 1 aromatic rings. The van der Waals surface area contributed by atoms with E-state index >= 15 is 0 Å². The van der Waals surface area contributed by atoms with Crippen molar-refractivity contribution in [2.24, 2.45) is 0 Å². The van der Waals surface area contributed by atoms with Crippen LogP contribution in [0.25, 0.3) is 0 Å². The molecule has 104 valence electrons. The zero-order chi connectivity index (χ0) is 13.7. The number of halogens is 1. The van der Waals surface area contributed by atoms with Gasteiger partial charge in [0.1, 0.15) is 5.82 Å². The standard InChI is InChI=1S/C14H20ClN3O/c1-2-16-13-12(15)8-10(9-17-13)14(19)18-11-6-4-3-5-7-11/h8-9,11H,2-7H2,1H3,(H,16,17)(H,18,19). The minimum atomic E-state index is -0.0793. The maximum atomic E-state index is 12.1. The Bertz CT molecular complexity index is 444. The van der Waals surface area contributed by atoms with Gasteiger partial charge in [0.25, 0.3) is 5.91 Å². The maximum Gasteiger partial charge on any atom is 0.253 e. The lowest BCUT2D eigenvalue weighted by Gasteiger charge is -2.22. The smallest absolute Gasteiger partial charge is 0.253 e. The highest BCUT2D eigenvalue weighted by Gasteiger charge is 2.17. The molecule has 0 bridgehead atoms. The fraction of sp³-hybridized carbons (Fsp3) is 0.571. The van der Waals surface area contributed by atoms with Crippen molar-refractivity contribution in [3.05, 3.63) is 22.8 Å². The van der Waals surface area contributed by atoms with Gasteiger partial charge in [-0.2, -0.15) is 0 Å². The summed E-state index contributed by atoms with van der Waals surface area (Å²) in [6.45, 7) is 2.72. The number of carbonyl (C=O) groups is 1. The first-order valence-electron chi connectivity index (χ1n) is 6.91. The number of nitrogens with one attached hydrogen (secondary N) is 2. The van der Waals surface area contributed by atoms with Gasteiger partial charge in [-0.15, -0.1) is 0 Å². The molecular weight excluding hydrogens is 262 g/mol. The van der Waals surface area contributed by atoms with Gasteiger partial charge in [-0.05, 0) is 25.8 Å². The Hall–Kier alpha value is -1.29. The van der Waals surface area contributed by atoms with E-state index in [4.69, 9.17) is 11.6 Å². The van der Waals surface area contributed by atoms with Crippen molar-refractivity contribution in [2.45, 2.75) is 45.1 Å². The quantitative estimate of drug-likeness (QED) is 0.891. The molecule has 0 spiro atoms. The van der Waals surface area contributed by atoms with E-state index in [1.165, 1.54) is 19.3 Å². The molecule has 0 aromatic carbocycles. The molecule has 1 aromatic heterocycles. The highest BCUT2D eigenvalue weighted by Crippen LogP contribution is 2.21. The van der Waals surface area contributed by atoms with Gasteiger partial charge in [-0.25, -0.2) is 4.98 Å². The van der Waals surface area contributed by atoms with Crippen molar-refractivity contribution in [3.63, 3.8) is 0 Å². The van der Waals surface area contributed by atoms with Crippen LogP contribution in [0.5, 0.6) is 0 Å². The lowest BCUT2D eigenvalue weighted by Crippen LogP contribution is -2.36. The van der Waals surface area contributed by atoms with E-state index in [0.29, 0.717) is 22.4 Å². The summed E-state index contributed by atoms with van der Waals surface area (Å²) in [5.41, 5.74) is 0.525. The highest BCUT2D eigenvalue weighted by atomic mass is 35.5. The first-order chi connectivity index (χ1) is 9.20. The molecule has 0 saturated heterocycles. The minimum Gasteiger partial charge on any atom is -0.369 e.